The maximum atomic E-state index is 11.8. The summed E-state index contributed by atoms with van der Waals surface area (Å²) in [5.41, 5.74) is 0. The number of carbonyl (C=O) groups excluding carboxylic acids is 1. The number of hydrogen-bond acceptors (Lipinski definition) is 2. The zero-order chi connectivity index (χ0) is 12.1. The monoisotopic (exact) mass is 260 g/mol. The molecule has 0 radical (unpaired) electrons. The lowest BCUT2D eigenvalue weighted by atomic mass is 10.3. The summed E-state index contributed by atoms with van der Waals surface area (Å²) in [7, 11) is 0. The van der Waals surface area contributed by atoms with Gasteiger partial charge in [-0.2, -0.15) is 0 Å². The van der Waals surface area contributed by atoms with Crippen LogP contribution in [0.3, 0.4) is 0 Å². The number of halogens is 1. The van der Waals surface area contributed by atoms with E-state index in [9.17, 15) is 4.79 Å². The Morgan fingerprint density at radius 2 is 2.12 bits per heavy atom. The summed E-state index contributed by atoms with van der Waals surface area (Å²) in [5.74, 6) is 0. The minimum atomic E-state index is -0.0259. The minimum absolute atomic E-state index is 0.00519. The first-order chi connectivity index (χ1) is 7.58. The molecule has 1 N–H and O–H groups in total. The van der Waals surface area contributed by atoms with Gasteiger partial charge in [0.05, 0.1) is 10.4 Å². The predicted molar refractivity (Wildman–Crippen MR) is 69.2 cm³/mol. The van der Waals surface area contributed by atoms with Crippen molar-refractivity contribution >= 4 is 29.0 Å². The first-order valence-electron chi connectivity index (χ1n) is 5.39. The van der Waals surface area contributed by atoms with Gasteiger partial charge in [-0.15, -0.1) is 11.3 Å². The van der Waals surface area contributed by atoms with E-state index >= 15 is 0 Å². The van der Waals surface area contributed by atoms with E-state index < -0.39 is 0 Å². The number of carbonyl (C=O) groups is 1. The van der Waals surface area contributed by atoms with E-state index in [0.717, 1.165) is 22.3 Å². The fourth-order valence-electron chi connectivity index (χ4n) is 1.42. The van der Waals surface area contributed by atoms with E-state index in [0.29, 0.717) is 0 Å². The largest absolute Gasteiger partial charge is 0.331 e. The molecule has 1 heterocycles. The Morgan fingerprint density at radius 1 is 1.50 bits per heavy atom. The highest BCUT2D eigenvalue weighted by molar-refractivity contribution is 7.16. The highest BCUT2D eigenvalue weighted by Crippen LogP contribution is 2.26. The van der Waals surface area contributed by atoms with Crippen molar-refractivity contribution in [3.05, 3.63) is 21.3 Å². The van der Waals surface area contributed by atoms with Crippen molar-refractivity contribution in [2.24, 2.45) is 0 Å². The molecule has 1 rings (SSSR count). The van der Waals surface area contributed by atoms with Crippen LogP contribution < -0.4 is 5.32 Å². The molecule has 3 nitrogen and oxygen atoms in total. The quantitative estimate of drug-likeness (QED) is 0.883. The Bertz CT molecular complexity index is 350. The molecule has 5 heteroatoms. The molecule has 0 aromatic carbocycles. The van der Waals surface area contributed by atoms with Crippen molar-refractivity contribution in [2.45, 2.75) is 26.8 Å². The first-order valence-corrected chi connectivity index (χ1v) is 6.58. The summed E-state index contributed by atoms with van der Waals surface area (Å²) in [6, 6.07) is 3.77. The zero-order valence-electron chi connectivity index (χ0n) is 9.79. The maximum absolute atomic E-state index is 11.8. The van der Waals surface area contributed by atoms with Gasteiger partial charge in [-0.1, -0.05) is 11.6 Å². The molecule has 16 heavy (non-hydrogen) atoms. The van der Waals surface area contributed by atoms with Gasteiger partial charge in [-0.05, 0) is 32.9 Å². The molecule has 0 aliphatic heterocycles. The van der Waals surface area contributed by atoms with Crippen LogP contribution in [0.1, 0.15) is 31.7 Å². The molecule has 0 spiro atoms. The zero-order valence-corrected chi connectivity index (χ0v) is 11.4. The van der Waals surface area contributed by atoms with Crippen LogP contribution in [0.4, 0.5) is 4.79 Å². The predicted octanol–water partition coefficient (Wildman–Crippen LogP) is 3.51. The van der Waals surface area contributed by atoms with Gasteiger partial charge in [-0.3, -0.25) is 0 Å². The second-order valence-electron chi connectivity index (χ2n) is 3.49. The average Bonchev–Trinajstić information content (AvgIpc) is 2.66. The number of hydrogen-bond donors (Lipinski definition) is 1. The van der Waals surface area contributed by atoms with Gasteiger partial charge < -0.3 is 10.2 Å². The lowest BCUT2D eigenvalue weighted by Crippen LogP contribution is -2.40. The summed E-state index contributed by atoms with van der Waals surface area (Å²) in [6.45, 7) is 7.34. The molecule has 0 aliphatic rings. The Hall–Kier alpha value is -0.740. The number of nitrogens with one attached hydrogen (secondary N) is 1. The van der Waals surface area contributed by atoms with Crippen molar-refractivity contribution in [3.63, 3.8) is 0 Å². The third-order valence-electron chi connectivity index (χ3n) is 2.41. The molecule has 1 aromatic rings. The van der Waals surface area contributed by atoms with Crippen LogP contribution >= 0.6 is 22.9 Å². The third-order valence-corrected chi connectivity index (χ3v) is 3.83. The molecule has 0 bridgehead atoms. The standard InChI is InChI=1S/C11H17ClN2OS/c1-4-14(5-2)11(15)13-8(3)9-6-7-10(12)16-9/h6-8H,4-5H2,1-3H3,(H,13,15). The normalized spacial score (nSPS) is 12.2. The molecular formula is C11H17ClN2OS. The average molecular weight is 261 g/mol. The molecule has 2 amide bonds. The van der Waals surface area contributed by atoms with E-state index in [1.165, 1.54) is 11.3 Å². The minimum Gasteiger partial charge on any atom is -0.331 e. The van der Waals surface area contributed by atoms with E-state index in [2.05, 4.69) is 5.32 Å². The van der Waals surface area contributed by atoms with Crippen molar-refractivity contribution in [3.8, 4) is 0 Å². The number of urea groups is 1. The van der Waals surface area contributed by atoms with Gasteiger partial charge in [-0.25, -0.2) is 4.79 Å². The van der Waals surface area contributed by atoms with Gasteiger partial charge in [0.15, 0.2) is 0 Å². The molecule has 1 unspecified atom stereocenters. The van der Waals surface area contributed by atoms with Crippen molar-refractivity contribution < 1.29 is 4.79 Å². The number of amides is 2. The molecular weight excluding hydrogens is 244 g/mol. The molecule has 0 saturated heterocycles. The van der Waals surface area contributed by atoms with E-state index in [1.807, 2.05) is 32.9 Å². The Balaban J connectivity index is 2.57. The van der Waals surface area contributed by atoms with Crippen LogP contribution in [-0.4, -0.2) is 24.0 Å². The summed E-state index contributed by atoms with van der Waals surface area (Å²) in [4.78, 5) is 14.6. The van der Waals surface area contributed by atoms with Crippen LogP contribution in [0.5, 0.6) is 0 Å². The SMILES string of the molecule is CCN(CC)C(=O)NC(C)c1ccc(Cl)s1. The lowest BCUT2D eigenvalue weighted by molar-refractivity contribution is 0.200. The van der Waals surface area contributed by atoms with E-state index in [4.69, 9.17) is 11.6 Å². The third kappa shape index (κ3) is 3.39. The summed E-state index contributed by atoms with van der Waals surface area (Å²) in [5, 5.41) is 2.95. The molecule has 0 fully saturated rings. The van der Waals surface area contributed by atoms with Crippen LogP contribution in [-0.2, 0) is 0 Å². The smallest absolute Gasteiger partial charge is 0.317 e. The number of thiophene rings is 1. The first kappa shape index (κ1) is 13.3. The molecule has 1 atom stereocenters. The van der Waals surface area contributed by atoms with Crippen molar-refractivity contribution in [2.75, 3.05) is 13.1 Å². The lowest BCUT2D eigenvalue weighted by Gasteiger charge is -2.22. The molecule has 0 aliphatic carbocycles. The Morgan fingerprint density at radius 3 is 2.56 bits per heavy atom. The Kier molecular flexibility index (Phi) is 5.09. The van der Waals surface area contributed by atoms with Crippen molar-refractivity contribution in [1.82, 2.24) is 10.2 Å². The summed E-state index contributed by atoms with van der Waals surface area (Å²) >= 11 is 7.35. The maximum Gasteiger partial charge on any atom is 0.317 e. The Labute approximate surface area is 105 Å². The molecule has 1 aromatic heterocycles. The summed E-state index contributed by atoms with van der Waals surface area (Å²) in [6.07, 6.45) is 0. The van der Waals surface area contributed by atoms with Gasteiger partial charge in [0.2, 0.25) is 0 Å². The highest BCUT2D eigenvalue weighted by atomic mass is 35.5. The van der Waals surface area contributed by atoms with Crippen molar-refractivity contribution in [1.29, 1.82) is 0 Å². The number of nitrogens with zero attached hydrogens (tertiary/aromatic N) is 1. The van der Waals surface area contributed by atoms with E-state index in [-0.39, 0.29) is 12.1 Å². The van der Waals surface area contributed by atoms with Crippen LogP contribution in [0.15, 0.2) is 12.1 Å². The number of rotatable bonds is 4. The van der Waals surface area contributed by atoms with Gasteiger partial charge in [0.1, 0.15) is 0 Å². The second-order valence-corrected chi connectivity index (χ2v) is 5.23. The summed E-state index contributed by atoms with van der Waals surface area (Å²) < 4.78 is 0.749. The van der Waals surface area contributed by atoms with Gasteiger partial charge >= 0.3 is 6.03 Å². The van der Waals surface area contributed by atoms with Gasteiger partial charge in [0.25, 0.3) is 0 Å². The van der Waals surface area contributed by atoms with Crippen LogP contribution in [0.2, 0.25) is 4.34 Å². The highest BCUT2D eigenvalue weighted by Gasteiger charge is 2.14. The van der Waals surface area contributed by atoms with Gasteiger partial charge in [0, 0.05) is 18.0 Å². The fourth-order valence-corrected chi connectivity index (χ4v) is 2.48. The molecule has 0 saturated carbocycles. The topological polar surface area (TPSA) is 32.3 Å². The van der Waals surface area contributed by atoms with E-state index in [1.54, 1.807) is 4.90 Å². The second kappa shape index (κ2) is 6.11. The van der Waals surface area contributed by atoms with Crippen LogP contribution in [0.25, 0.3) is 0 Å². The van der Waals surface area contributed by atoms with Crippen LogP contribution in [0, 0.1) is 0 Å². The molecule has 90 valence electrons. The fraction of sp³-hybridized carbons (Fsp3) is 0.545.